The second-order valence-electron chi connectivity index (χ2n) is 21.0. The Morgan fingerprint density at radius 2 is 1.86 bits per heavy atom. The van der Waals surface area contributed by atoms with Gasteiger partial charge in [-0.2, -0.15) is 0 Å². The zero-order chi connectivity index (χ0) is 45.5. The van der Waals surface area contributed by atoms with Crippen molar-refractivity contribution in [3.8, 4) is 22.5 Å². The van der Waals surface area contributed by atoms with Gasteiger partial charge in [-0.1, -0.05) is 19.9 Å². The van der Waals surface area contributed by atoms with Gasteiger partial charge in [-0.25, -0.2) is 10.4 Å². The maximum atomic E-state index is 15.1. The summed E-state index contributed by atoms with van der Waals surface area (Å²) in [5.74, 6) is -0.192. The lowest BCUT2D eigenvalue weighted by Crippen LogP contribution is -2.64. The lowest BCUT2D eigenvalue weighted by molar-refractivity contribution is -0.157. The van der Waals surface area contributed by atoms with E-state index in [-0.39, 0.29) is 30.6 Å². The van der Waals surface area contributed by atoms with Crippen molar-refractivity contribution in [3.63, 3.8) is 0 Å². The van der Waals surface area contributed by atoms with Crippen LogP contribution in [0, 0.1) is 11.3 Å². The van der Waals surface area contributed by atoms with Gasteiger partial charge in [0.15, 0.2) is 0 Å². The maximum absolute atomic E-state index is 15.1. The topological polar surface area (TPSA) is 153 Å². The zero-order valence-corrected chi connectivity index (χ0v) is 39.8. The number of cyclic esters (lactones) is 1. The first-order valence-corrected chi connectivity index (χ1v) is 25.1. The predicted octanol–water partition coefficient (Wildman–Crippen LogP) is 5.95. The Morgan fingerprint density at radius 3 is 2.58 bits per heavy atom. The molecular formula is C50H64N8O7S. The number of hydrazine groups is 1. The normalized spacial score (nSPS) is 30.0. The average Bonchev–Trinajstić information content (AvgIpc) is 4.17. The highest BCUT2D eigenvalue weighted by atomic mass is 32.1. The number of pyridine rings is 1. The SMILES string of the molecule is CO[C@@H](C)c1ncc([C@H]2CCN(C)C2)cc1-c1c2c3cc(ccc3n1C1COC1)-c1csc(n1)[C@@H](N1CCCC1)[C@H](NC(=O)C13CC(CO1)C3)C(=O)N1CCC[C@H](N1)C(=O)OCC(C)(C)C2. The predicted molar refractivity (Wildman–Crippen MR) is 250 cm³/mol. The van der Waals surface area contributed by atoms with Crippen LogP contribution < -0.4 is 10.7 Å². The van der Waals surface area contributed by atoms with Crippen LogP contribution in [0.4, 0.5) is 0 Å². The average molecular weight is 921 g/mol. The van der Waals surface area contributed by atoms with Crippen molar-refractivity contribution in [2.24, 2.45) is 11.3 Å². The van der Waals surface area contributed by atoms with Gasteiger partial charge >= 0.3 is 5.97 Å². The number of nitrogens with zero attached hydrogens (tertiary/aromatic N) is 6. The maximum Gasteiger partial charge on any atom is 0.324 e. The summed E-state index contributed by atoms with van der Waals surface area (Å²) < 4.78 is 26.8. The molecule has 2 amide bonds. The molecule has 8 bridgehead atoms. The van der Waals surface area contributed by atoms with Crippen LogP contribution in [-0.4, -0.2) is 138 Å². The number of likely N-dealkylation sites (N-methyl/N-ethyl adjacent to an activating group) is 1. The molecule has 8 aliphatic rings. The van der Waals surface area contributed by atoms with E-state index in [1.165, 1.54) is 16.9 Å². The number of rotatable bonds is 8. The minimum Gasteiger partial charge on any atom is -0.464 e. The van der Waals surface area contributed by atoms with E-state index in [2.05, 4.69) is 88.8 Å². The number of thiazole rings is 1. The lowest BCUT2D eigenvalue weighted by Gasteiger charge is -2.41. The molecule has 15 nitrogen and oxygen atoms in total. The summed E-state index contributed by atoms with van der Waals surface area (Å²) in [6.45, 7) is 12.3. The second-order valence-corrected chi connectivity index (χ2v) is 21.9. The third-order valence-electron chi connectivity index (χ3n) is 15.6. The van der Waals surface area contributed by atoms with Gasteiger partial charge in [0.25, 0.3) is 11.8 Å². The van der Waals surface area contributed by atoms with Crippen molar-refractivity contribution >= 4 is 40.0 Å². The number of amides is 2. The van der Waals surface area contributed by atoms with Crippen LogP contribution in [0.15, 0.2) is 35.8 Å². The summed E-state index contributed by atoms with van der Waals surface area (Å²) >= 11 is 1.53. The largest absolute Gasteiger partial charge is 0.464 e. The van der Waals surface area contributed by atoms with Crippen LogP contribution in [0.1, 0.15) is 112 Å². The molecule has 0 radical (unpaired) electrons. The van der Waals surface area contributed by atoms with Crippen LogP contribution in [0.3, 0.4) is 0 Å². The first kappa shape index (κ1) is 44.2. The van der Waals surface area contributed by atoms with E-state index < -0.39 is 35.1 Å². The van der Waals surface area contributed by atoms with Gasteiger partial charge in [-0.05, 0) is 126 Å². The number of aromatic nitrogens is 3. The Bertz CT molecular complexity index is 2520. The number of likely N-dealkylation sites (tertiary alicyclic amines) is 2. The minimum absolute atomic E-state index is 0.105. The summed E-state index contributed by atoms with van der Waals surface area (Å²) in [4.78, 5) is 58.8. The van der Waals surface area contributed by atoms with Crippen LogP contribution >= 0.6 is 11.3 Å². The fourth-order valence-corrected chi connectivity index (χ4v) is 12.8. The van der Waals surface area contributed by atoms with Gasteiger partial charge in [0.1, 0.15) is 22.7 Å². The number of nitrogens with one attached hydrogen (secondary N) is 2. The summed E-state index contributed by atoms with van der Waals surface area (Å²) in [5.41, 5.74) is 10.2. The molecule has 10 heterocycles. The van der Waals surface area contributed by atoms with Crippen molar-refractivity contribution in [1.29, 1.82) is 0 Å². The van der Waals surface area contributed by atoms with Crippen molar-refractivity contribution in [1.82, 2.24) is 40.1 Å². The number of benzene rings is 1. The molecule has 66 heavy (non-hydrogen) atoms. The Hall–Kier alpha value is -4.29. The molecule has 352 valence electrons. The fraction of sp³-hybridized carbons (Fsp3) is 0.620. The fourth-order valence-electron chi connectivity index (χ4n) is 11.8. The van der Waals surface area contributed by atoms with Gasteiger partial charge in [0.05, 0.1) is 61.7 Å². The Labute approximate surface area is 390 Å². The molecule has 4 aromatic rings. The first-order valence-electron chi connectivity index (χ1n) is 24.2. The van der Waals surface area contributed by atoms with E-state index >= 15 is 4.79 Å². The number of hydrogen-bond acceptors (Lipinski definition) is 13. The number of esters is 1. The first-order chi connectivity index (χ1) is 31.9. The Balaban J connectivity index is 1.08. The number of hydrogen-bond donors (Lipinski definition) is 2. The highest BCUT2D eigenvalue weighted by molar-refractivity contribution is 7.10. The molecule has 16 heteroatoms. The van der Waals surface area contributed by atoms with Gasteiger partial charge in [-0.3, -0.25) is 29.3 Å². The molecule has 12 rings (SSSR count). The molecule has 2 N–H and O–H groups in total. The highest BCUT2D eigenvalue weighted by Crippen LogP contribution is 2.49. The second kappa shape index (κ2) is 17.3. The molecule has 1 aliphatic carbocycles. The molecule has 6 saturated heterocycles. The van der Waals surface area contributed by atoms with E-state index in [0.29, 0.717) is 70.3 Å². The quantitative estimate of drug-likeness (QED) is 0.201. The third-order valence-corrected chi connectivity index (χ3v) is 16.5. The molecule has 7 fully saturated rings. The third kappa shape index (κ3) is 7.87. The number of methoxy groups -OCH3 is 1. The molecule has 0 spiro atoms. The molecule has 3 aromatic heterocycles. The molecule has 1 saturated carbocycles. The summed E-state index contributed by atoms with van der Waals surface area (Å²) in [5, 5.41) is 8.76. The molecular weight excluding hydrogens is 857 g/mol. The summed E-state index contributed by atoms with van der Waals surface area (Å²) in [6, 6.07) is 6.90. The minimum atomic E-state index is -0.972. The van der Waals surface area contributed by atoms with Crippen LogP contribution in [0.25, 0.3) is 33.4 Å². The van der Waals surface area contributed by atoms with Crippen molar-refractivity contribution < 1.29 is 33.3 Å². The highest BCUT2D eigenvalue weighted by Gasteiger charge is 2.58. The molecule has 0 unspecified atom stereocenters. The van der Waals surface area contributed by atoms with Crippen LogP contribution in [-0.2, 0) is 39.8 Å². The number of fused-ring (bicyclic) bond motifs is 7. The van der Waals surface area contributed by atoms with E-state index in [4.69, 9.17) is 28.9 Å². The van der Waals surface area contributed by atoms with Crippen molar-refractivity contribution in [2.45, 2.75) is 114 Å². The zero-order valence-electron chi connectivity index (χ0n) is 39.0. The standard InChI is InChI=1S/C50H64N8O7S/c1-29(62-5)41-36(18-33(22-51-41)32-12-16-55(4)23-32)43-37-21-49(2,3)28-64-47(60)38-9-8-15-57(54-38)46(59)42(53-48(61)50-19-30(20-50)24-65-50)44(56-13-6-7-14-56)45-52-39(27-66-45)31-10-11-40(35(37)17-31)58(43)34-25-63-26-34/h10-11,17-18,22,27,29-30,32,34,38,42,44,54H,6-9,12-16,19-21,23-26,28H2,1-5H3,(H,53,61)/t29-,30?,32-,38-,42-,44-,50?/m0/s1. The van der Waals surface area contributed by atoms with E-state index in [0.717, 1.165) is 95.1 Å². The van der Waals surface area contributed by atoms with Crippen LogP contribution in [0.5, 0.6) is 0 Å². The van der Waals surface area contributed by atoms with Crippen molar-refractivity contribution in [3.05, 3.63) is 57.7 Å². The number of carbonyl (C=O) groups excluding carboxylic acids is 3. The lowest BCUT2D eigenvalue weighted by atomic mass is 9.74. The van der Waals surface area contributed by atoms with Gasteiger partial charge in [-0.15, -0.1) is 11.3 Å². The van der Waals surface area contributed by atoms with E-state index in [1.807, 2.05) is 0 Å². The molecule has 7 aliphatic heterocycles. The number of carbonyl (C=O) groups is 3. The Kier molecular flexibility index (Phi) is 11.6. The molecule has 5 atom stereocenters. The van der Waals surface area contributed by atoms with E-state index in [1.54, 1.807) is 12.1 Å². The molecule has 1 aromatic carbocycles. The monoisotopic (exact) mass is 920 g/mol. The smallest absolute Gasteiger partial charge is 0.324 e. The summed E-state index contributed by atoms with van der Waals surface area (Å²) in [6.07, 6.45) is 7.88. The van der Waals surface area contributed by atoms with Gasteiger partial charge < -0.3 is 33.7 Å². The number of ether oxygens (including phenoxy) is 4. The van der Waals surface area contributed by atoms with Gasteiger partial charge in [0.2, 0.25) is 0 Å². The van der Waals surface area contributed by atoms with Gasteiger partial charge in [0, 0.05) is 59.2 Å². The Morgan fingerprint density at radius 1 is 1.05 bits per heavy atom. The summed E-state index contributed by atoms with van der Waals surface area (Å²) in [7, 11) is 3.92. The van der Waals surface area contributed by atoms with E-state index in [9.17, 15) is 9.59 Å². The van der Waals surface area contributed by atoms with Crippen LogP contribution in [0.2, 0.25) is 0 Å². The van der Waals surface area contributed by atoms with Crippen molar-refractivity contribution in [2.75, 3.05) is 73.3 Å².